The number of aromatic nitrogens is 1. The zero-order chi connectivity index (χ0) is 14.3. The van der Waals surface area contributed by atoms with Gasteiger partial charge in [0.2, 0.25) is 0 Å². The van der Waals surface area contributed by atoms with Gasteiger partial charge in [-0.05, 0) is 54.1 Å². The SMILES string of the molecule is O=C(O)CC1(NC(=O)c2cc(Br)cn2C2CC2)CCC1. The van der Waals surface area contributed by atoms with Gasteiger partial charge in [0, 0.05) is 16.7 Å². The lowest BCUT2D eigenvalue weighted by molar-refractivity contribution is -0.139. The van der Waals surface area contributed by atoms with Gasteiger partial charge in [0.25, 0.3) is 5.91 Å². The number of carboxylic acids is 1. The van der Waals surface area contributed by atoms with Crippen LogP contribution in [0.15, 0.2) is 16.7 Å². The number of amides is 1. The van der Waals surface area contributed by atoms with Crippen LogP contribution in [0.4, 0.5) is 0 Å². The Morgan fingerprint density at radius 3 is 2.65 bits per heavy atom. The molecule has 108 valence electrons. The summed E-state index contributed by atoms with van der Waals surface area (Å²) in [5, 5.41) is 11.9. The normalized spacial score (nSPS) is 20.2. The number of hydrogen-bond acceptors (Lipinski definition) is 2. The van der Waals surface area contributed by atoms with E-state index in [1.165, 1.54) is 0 Å². The summed E-state index contributed by atoms with van der Waals surface area (Å²) in [7, 11) is 0. The minimum absolute atomic E-state index is 0.00401. The number of rotatable bonds is 5. The van der Waals surface area contributed by atoms with E-state index in [0.717, 1.165) is 36.6 Å². The van der Waals surface area contributed by atoms with Crippen molar-refractivity contribution in [2.24, 2.45) is 0 Å². The smallest absolute Gasteiger partial charge is 0.305 e. The quantitative estimate of drug-likeness (QED) is 0.865. The molecule has 20 heavy (non-hydrogen) atoms. The molecule has 6 heteroatoms. The summed E-state index contributed by atoms with van der Waals surface area (Å²) >= 11 is 3.40. The molecule has 0 atom stereocenters. The third-order valence-electron chi connectivity index (χ3n) is 4.17. The highest BCUT2D eigenvalue weighted by molar-refractivity contribution is 9.10. The molecule has 3 rings (SSSR count). The number of carbonyl (C=O) groups excluding carboxylic acids is 1. The van der Waals surface area contributed by atoms with Gasteiger partial charge >= 0.3 is 5.97 Å². The molecule has 0 radical (unpaired) electrons. The number of nitrogens with one attached hydrogen (secondary N) is 1. The molecule has 1 aromatic rings. The van der Waals surface area contributed by atoms with Gasteiger partial charge in [-0.3, -0.25) is 9.59 Å². The van der Waals surface area contributed by atoms with Crippen molar-refractivity contribution in [3.8, 4) is 0 Å². The van der Waals surface area contributed by atoms with Gasteiger partial charge in [-0.2, -0.15) is 0 Å². The predicted octanol–water partition coefficient (Wildman–Crippen LogP) is 2.71. The molecule has 2 aliphatic rings. The first kappa shape index (κ1) is 13.7. The monoisotopic (exact) mass is 340 g/mol. The van der Waals surface area contributed by atoms with Crippen molar-refractivity contribution in [1.29, 1.82) is 0 Å². The maximum absolute atomic E-state index is 12.5. The summed E-state index contributed by atoms with van der Waals surface area (Å²) in [6.45, 7) is 0. The van der Waals surface area contributed by atoms with Gasteiger partial charge < -0.3 is 15.0 Å². The second-order valence-electron chi connectivity index (χ2n) is 5.84. The molecule has 0 unspecified atom stereocenters. The summed E-state index contributed by atoms with van der Waals surface area (Å²) in [4.78, 5) is 23.4. The molecule has 2 aliphatic carbocycles. The van der Waals surface area contributed by atoms with Gasteiger partial charge in [-0.15, -0.1) is 0 Å². The molecule has 2 saturated carbocycles. The van der Waals surface area contributed by atoms with Crippen LogP contribution in [0.5, 0.6) is 0 Å². The number of aliphatic carboxylic acids is 1. The Morgan fingerprint density at radius 1 is 1.45 bits per heavy atom. The Bertz CT molecular complexity index is 559. The van der Waals surface area contributed by atoms with E-state index < -0.39 is 11.5 Å². The van der Waals surface area contributed by atoms with E-state index >= 15 is 0 Å². The number of nitrogens with zero attached hydrogens (tertiary/aromatic N) is 1. The molecule has 2 N–H and O–H groups in total. The topological polar surface area (TPSA) is 71.3 Å². The number of carbonyl (C=O) groups is 2. The predicted molar refractivity (Wildman–Crippen MR) is 76.7 cm³/mol. The largest absolute Gasteiger partial charge is 0.481 e. The third kappa shape index (κ3) is 2.61. The first-order valence-electron chi connectivity index (χ1n) is 6.91. The van der Waals surface area contributed by atoms with E-state index in [1.807, 2.05) is 10.8 Å². The number of hydrogen-bond donors (Lipinski definition) is 2. The Balaban J connectivity index is 1.77. The molecule has 0 spiro atoms. The van der Waals surface area contributed by atoms with E-state index in [0.29, 0.717) is 11.7 Å². The van der Waals surface area contributed by atoms with E-state index in [2.05, 4.69) is 21.2 Å². The minimum atomic E-state index is -0.858. The van der Waals surface area contributed by atoms with Crippen molar-refractivity contribution in [2.75, 3.05) is 0 Å². The second-order valence-corrected chi connectivity index (χ2v) is 6.76. The molecule has 1 aromatic heterocycles. The van der Waals surface area contributed by atoms with Crippen molar-refractivity contribution < 1.29 is 14.7 Å². The van der Waals surface area contributed by atoms with Crippen molar-refractivity contribution in [1.82, 2.24) is 9.88 Å². The summed E-state index contributed by atoms with van der Waals surface area (Å²) < 4.78 is 2.88. The molecule has 0 bridgehead atoms. The summed E-state index contributed by atoms with van der Waals surface area (Å²) in [6, 6.07) is 2.22. The van der Waals surface area contributed by atoms with Gasteiger partial charge in [0.05, 0.1) is 12.0 Å². The number of carboxylic acid groups (broad SMARTS) is 1. The maximum Gasteiger partial charge on any atom is 0.305 e. The van der Waals surface area contributed by atoms with Crippen LogP contribution in [-0.2, 0) is 4.79 Å². The van der Waals surface area contributed by atoms with Crippen LogP contribution in [0.1, 0.15) is 55.1 Å². The maximum atomic E-state index is 12.5. The Labute approximate surface area is 125 Å². The molecular formula is C14H17BrN2O3. The van der Waals surface area contributed by atoms with E-state index in [4.69, 9.17) is 5.11 Å². The zero-order valence-electron chi connectivity index (χ0n) is 11.1. The standard InChI is InChI=1S/C14H17BrN2O3/c15-9-6-11(17(8-9)10-2-3-10)13(20)16-14(4-1-5-14)7-12(18)19/h6,8,10H,1-5,7H2,(H,16,20)(H,18,19). The number of halogens is 1. The average molecular weight is 341 g/mol. The van der Waals surface area contributed by atoms with Gasteiger partial charge in [0.15, 0.2) is 0 Å². The van der Waals surface area contributed by atoms with Crippen molar-refractivity contribution in [3.63, 3.8) is 0 Å². The molecule has 1 heterocycles. The lowest BCUT2D eigenvalue weighted by atomic mass is 9.74. The molecule has 2 fully saturated rings. The summed E-state index contributed by atoms with van der Waals surface area (Å²) in [6.07, 6.45) is 6.60. The Kier molecular flexibility index (Phi) is 3.36. The Hall–Kier alpha value is -1.30. The van der Waals surface area contributed by atoms with E-state index in [1.54, 1.807) is 6.07 Å². The van der Waals surface area contributed by atoms with Crippen LogP contribution in [0.25, 0.3) is 0 Å². The minimum Gasteiger partial charge on any atom is -0.481 e. The van der Waals surface area contributed by atoms with Gasteiger partial charge in [-0.25, -0.2) is 0 Å². The zero-order valence-corrected chi connectivity index (χ0v) is 12.6. The van der Waals surface area contributed by atoms with Crippen LogP contribution in [0.2, 0.25) is 0 Å². The van der Waals surface area contributed by atoms with Crippen LogP contribution in [-0.4, -0.2) is 27.1 Å². The molecular weight excluding hydrogens is 324 g/mol. The summed E-state index contributed by atoms with van der Waals surface area (Å²) in [5.41, 5.74) is 0.0738. The fourth-order valence-corrected chi connectivity index (χ4v) is 3.26. The highest BCUT2D eigenvalue weighted by atomic mass is 79.9. The first-order chi connectivity index (χ1) is 9.49. The van der Waals surface area contributed by atoms with Crippen LogP contribution in [0, 0.1) is 0 Å². The molecule has 0 aliphatic heterocycles. The second kappa shape index (κ2) is 4.91. The van der Waals surface area contributed by atoms with Crippen LogP contribution < -0.4 is 5.32 Å². The van der Waals surface area contributed by atoms with E-state index in [-0.39, 0.29) is 12.3 Å². The van der Waals surface area contributed by atoms with Crippen molar-refractivity contribution >= 4 is 27.8 Å². The highest BCUT2D eigenvalue weighted by Gasteiger charge is 2.41. The van der Waals surface area contributed by atoms with Gasteiger partial charge in [-0.1, -0.05) is 0 Å². The fraction of sp³-hybridized carbons (Fsp3) is 0.571. The molecule has 0 aromatic carbocycles. The van der Waals surface area contributed by atoms with Gasteiger partial charge in [0.1, 0.15) is 5.69 Å². The lowest BCUT2D eigenvalue weighted by Gasteiger charge is -2.41. The van der Waals surface area contributed by atoms with Crippen molar-refractivity contribution in [2.45, 2.75) is 50.1 Å². The van der Waals surface area contributed by atoms with Crippen LogP contribution in [0.3, 0.4) is 0 Å². The molecule has 1 amide bonds. The fourth-order valence-electron chi connectivity index (χ4n) is 2.83. The van der Waals surface area contributed by atoms with Crippen molar-refractivity contribution in [3.05, 3.63) is 22.4 Å². The highest BCUT2D eigenvalue weighted by Crippen LogP contribution is 2.39. The molecule has 0 saturated heterocycles. The first-order valence-corrected chi connectivity index (χ1v) is 7.70. The third-order valence-corrected chi connectivity index (χ3v) is 4.60. The van der Waals surface area contributed by atoms with Crippen LogP contribution >= 0.6 is 15.9 Å². The summed E-state index contributed by atoms with van der Waals surface area (Å²) in [5.74, 6) is -1.02. The Morgan fingerprint density at radius 2 is 2.15 bits per heavy atom. The average Bonchev–Trinajstić information content (AvgIpc) is 3.09. The molecule has 5 nitrogen and oxygen atoms in total. The van der Waals surface area contributed by atoms with E-state index in [9.17, 15) is 9.59 Å². The lowest BCUT2D eigenvalue weighted by Crippen LogP contribution is -2.54.